The van der Waals surface area contributed by atoms with E-state index >= 15 is 0 Å². The number of carbonyl (C=O) groups excluding carboxylic acids is 3. The van der Waals surface area contributed by atoms with Crippen molar-refractivity contribution in [2.75, 3.05) is 5.32 Å². The van der Waals surface area contributed by atoms with Crippen LogP contribution in [0.2, 0.25) is 0 Å². The Morgan fingerprint density at radius 1 is 1.24 bits per heavy atom. The molecule has 1 aromatic carbocycles. The first kappa shape index (κ1) is 16.8. The van der Waals surface area contributed by atoms with Crippen LogP contribution in [-0.4, -0.2) is 29.8 Å². The van der Waals surface area contributed by atoms with E-state index in [0.29, 0.717) is 17.7 Å². The summed E-state index contributed by atoms with van der Waals surface area (Å²) in [7, 11) is 0. The van der Waals surface area contributed by atoms with Gasteiger partial charge in [-0.1, -0.05) is 12.1 Å². The Morgan fingerprint density at radius 3 is 2.80 bits per heavy atom. The first-order valence-corrected chi connectivity index (χ1v) is 8.05. The number of furan rings is 1. The lowest BCUT2D eigenvalue weighted by Crippen LogP contribution is -2.46. The molecule has 0 radical (unpaired) electrons. The number of amides is 3. The molecule has 0 fully saturated rings. The number of fused-ring (bicyclic) bond motifs is 1. The van der Waals surface area contributed by atoms with Gasteiger partial charge < -0.3 is 20.4 Å². The minimum Gasteiger partial charge on any atom is -0.469 e. The number of anilines is 1. The summed E-state index contributed by atoms with van der Waals surface area (Å²) in [5.41, 5.74) is 0.823. The van der Waals surface area contributed by atoms with Crippen LogP contribution in [0.15, 0.2) is 47.1 Å². The number of hydrogen-bond donors (Lipinski definition) is 3. The maximum absolute atomic E-state index is 12.3. The maximum Gasteiger partial charge on any atom is 0.254 e. The van der Waals surface area contributed by atoms with Gasteiger partial charge in [-0.05, 0) is 31.2 Å². The molecule has 3 rings (SSSR count). The van der Waals surface area contributed by atoms with Crippen LogP contribution in [0, 0.1) is 0 Å². The SMILES string of the molecule is CC(Cc1ccco1)NC(=O)CC1NC(=O)c2ccccc2NC1=O. The van der Waals surface area contributed by atoms with Crippen molar-refractivity contribution >= 4 is 23.4 Å². The van der Waals surface area contributed by atoms with E-state index in [9.17, 15) is 14.4 Å². The Bertz CT molecular complexity index is 785. The molecule has 0 spiro atoms. The molecule has 1 aliphatic rings. The molecule has 2 atom stereocenters. The molecule has 2 unspecified atom stereocenters. The van der Waals surface area contributed by atoms with E-state index in [2.05, 4.69) is 16.0 Å². The fourth-order valence-corrected chi connectivity index (χ4v) is 2.76. The second-order valence-corrected chi connectivity index (χ2v) is 6.02. The highest BCUT2D eigenvalue weighted by molar-refractivity contribution is 6.10. The van der Waals surface area contributed by atoms with Gasteiger partial charge in [-0.15, -0.1) is 0 Å². The van der Waals surface area contributed by atoms with E-state index in [-0.39, 0.29) is 24.3 Å². The van der Waals surface area contributed by atoms with Crippen LogP contribution in [0.3, 0.4) is 0 Å². The zero-order valence-corrected chi connectivity index (χ0v) is 13.7. The summed E-state index contributed by atoms with van der Waals surface area (Å²) >= 11 is 0. The van der Waals surface area contributed by atoms with Crippen molar-refractivity contribution in [2.45, 2.75) is 31.8 Å². The van der Waals surface area contributed by atoms with Gasteiger partial charge in [0.15, 0.2) is 0 Å². The molecule has 25 heavy (non-hydrogen) atoms. The Kier molecular flexibility index (Phi) is 4.83. The number of para-hydroxylation sites is 1. The lowest BCUT2D eigenvalue weighted by Gasteiger charge is -2.17. The lowest BCUT2D eigenvalue weighted by atomic mass is 10.1. The summed E-state index contributed by atoms with van der Waals surface area (Å²) in [5.74, 6) is -0.336. The van der Waals surface area contributed by atoms with Crippen molar-refractivity contribution in [1.82, 2.24) is 10.6 Å². The molecule has 7 nitrogen and oxygen atoms in total. The average Bonchev–Trinajstić information content (AvgIpc) is 3.03. The predicted molar refractivity (Wildman–Crippen MR) is 91.0 cm³/mol. The van der Waals surface area contributed by atoms with Gasteiger partial charge in [0.2, 0.25) is 11.8 Å². The minimum atomic E-state index is -0.921. The van der Waals surface area contributed by atoms with Crippen LogP contribution >= 0.6 is 0 Å². The predicted octanol–water partition coefficient (Wildman–Crippen LogP) is 1.47. The average molecular weight is 341 g/mol. The summed E-state index contributed by atoms with van der Waals surface area (Å²) in [6.45, 7) is 1.85. The smallest absolute Gasteiger partial charge is 0.254 e. The first-order chi connectivity index (χ1) is 12.0. The number of carbonyl (C=O) groups is 3. The van der Waals surface area contributed by atoms with E-state index in [1.807, 2.05) is 13.0 Å². The normalized spacial score (nSPS) is 17.7. The first-order valence-electron chi connectivity index (χ1n) is 8.05. The van der Waals surface area contributed by atoms with Crippen LogP contribution in [0.5, 0.6) is 0 Å². The van der Waals surface area contributed by atoms with Crippen LogP contribution < -0.4 is 16.0 Å². The van der Waals surface area contributed by atoms with E-state index in [4.69, 9.17) is 4.42 Å². The molecule has 7 heteroatoms. The van der Waals surface area contributed by atoms with Crippen LogP contribution in [0.1, 0.15) is 29.5 Å². The summed E-state index contributed by atoms with van der Waals surface area (Å²) in [4.78, 5) is 36.7. The maximum atomic E-state index is 12.3. The fourth-order valence-electron chi connectivity index (χ4n) is 2.76. The van der Waals surface area contributed by atoms with Crippen molar-refractivity contribution in [2.24, 2.45) is 0 Å². The molecule has 3 N–H and O–H groups in total. The van der Waals surface area contributed by atoms with Crippen LogP contribution in [-0.2, 0) is 16.0 Å². The largest absolute Gasteiger partial charge is 0.469 e. The van der Waals surface area contributed by atoms with Crippen molar-refractivity contribution in [3.8, 4) is 0 Å². The molecular weight excluding hydrogens is 322 g/mol. The molecule has 0 aliphatic carbocycles. The highest BCUT2D eigenvalue weighted by Crippen LogP contribution is 2.18. The van der Waals surface area contributed by atoms with Gasteiger partial charge in [-0.2, -0.15) is 0 Å². The van der Waals surface area contributed by atoms with Crippen LogP contribution in [0.25, 0.3) is 0 Å². The van der Waals surface area contributed by atoms with E-state index in [0.717, 1.165) is 5.76 Å². The summed E-state index contributed by atoms with van der Waals surface area (Å²) in [6.07, 6.45) is 1.99. The summed E-state index contributed by atoms with van der Waals surface area (Å²) in [6, 6.07) is 9.27. The topological polar surface area (TPSA) is 100 Å². The third-order valence-electron chi connectivity index (χ3n) is 3.94. The minimum absolute atomic E-state index is 0.131. The quantitative estimate of drug-likeness (QED) is 0.766. The van der Waals surface area contributed by atoms with Gasteiger partial charge in [0.1, 0.15) is 11.8 Å². The molecule has 3 amide bonds. The highest BCUT2D eigenvalue weighted by Gasteiger charge is 2.29. The second-order valence-electron chi connectivity index (χ2n) is 6.02. The molecule has 130 valence electrons. The molecule has 0 saturated heterocycles. The Labute approximate surface area is 144 Å². The Morgan fingerprint density at radius 2 is 2.04 bits per heavy atom. The third-order valence-corrected chi connectivity index (χ3v) is 3.94. The van der Waals surface area contributed by atoms with Crippen molar-refractivity contribution in [1.29, 1.82) is 0 Å². The Hall–Kier alpha value is -3.09. The summed E-state index contributed by atoms with van der Waals surface area (Å²) < 4.78 is 5.25. The van der Waals surface area contributed by atoms with Gasteiger partial charge >= 0.3 is 0 Å². The molecule has 0 saturated carbocycles. The number of nitrogens with one attached hydrogen (secondary N) is 3. The van der Waals surface area contributed by atoms with Crippen molar-refractivity contribution < 1.29 is 18.8 Å². The Balaban J connectivity index is 1.60. The van der Waals surface area contributed by atoms with Gasteiger partial charge in [-0.25, -0.2) is 0 Å². The monoisotopic (exact) mass is 341 g/mol. The van der Waals surface area contributed by atoms with Crippen molar-refractivity contribution in [3.63, 3.8) is 0 Å². The van der Waals surface area contributed by atoms with Gasteiger partial charge in [0.25, 0.3) is 5.91 Å². The zero-order valence-electron chi connectivity index (χ0n) is 13.7. The van der Waals surface area contributed by atoms with Gasteiger partial charge in [0, 0.05) is 12.5 Å². The van der Waals surface area contributed by atoms with E-state index < -0.39 is 11.9 Å². The molecular formula is C18H19N3O4. The van der Waals surface area contributed by atoms with E-state index in [1.165, 1.54) is 0 Å². The highest BCUT2D eigenvalue weighted by atomic mass is 16.3. The summed E-state index contributed by atoms with van der Waals surface area (Å²) in [5, 5.41) is 8.10. The standard InChI is InChI=1S/C18H19N3O4/c1-11(9-12-5-4-8-25-12)19-16(22)10-15-18(24)20-14-7-3-2-6-13(14)17(23)21-15/h2-8,11,15H,9-10H2,1H3,(H,19,22)(H,20,24)(H,21,23). The number of benzene rings is 1. The van der Waals surface area contributed by atoms with Gasteiger partial charge in [0.05, 0.1) is 23.9 Å². The second kappa shape index (κ2) is 7.21. The zero-order chi connectivity index (χ0) is 17.8. The molecule has 1 aromatic heterocycles. The molecule has 2 heterocycles. The fraction of sp³-hybridized carbons (Fsp3) is 0.278. The number of rotatable bonds is 5. The van der Waals surface area contributed by atoms with E-state index in [1.54, 1.807) is 36.6 Å². The third kappa shape index (κ3) is 4.06. The number of hydrogen-bond acceptors (Lipinski definition) is 4. The lowest BCUT2D eigenvalue weighted by molar-refractivity contribution is -0.126. The molecule has 1 aliphatic heterocycles. The molecule has 2 aromatic rings. The van der Waals surface area contributed by atoms with Gasteiger partial charge in [-0.3, -0.25) is 14.4 Å². The molecule has 0 bridgehead atoms. The van der Waals surface area contributed by atoms with Crippen molar-refractivity contribution in [3.05, 3.63) is 54.0 Å². The van der Waals surface area contributed by atoms with Crippen LogP contribution in [0.4, 0.5) is 5.69 Å².